The van der Waals surface area contributed by atoms with Crippen LogP contribution in [0, 0.1) is 11.8 Å². The molecule has 0 spiro atoms. The Balaban J connectivity index is 1.66. The van der Waals surface area contributed by atoms with Crippen LogP contribution in [-0.2, 0) is 9.53 Å². The zero-order chi connectivity index (χ0) is 19.4. The summed E-state index contributed by atoms with van der Waals surface area (Å²) in [6, 6.07) is 13.2. The summed E-state index contributed by atoms with van der Waals surface area (Å²) in [5.74, 6) is 1.47. The van der Waals surface area contributed by atoms with Crippen LogP contribution < -0.4 is 9.47 Å². The maximum Gasteiger partial charge on any atom is 0.309 e. The van der Waals surface area contributed by atoms with Gasteiger partial charge in [-0.2, -0.15) is 0 Å². The molecule has 2 aromatic rings. The van der Waals surface area contributed by atoms with Gasteiger partial charge in [0, 0.05) is 11.5 Å². The van der Waals surface area contributed by atoms with Crippen LogP contribution in [-0.4, -0.2) is 32.1 Å². The number of ether oxygens (including phenoxy) is 3. The minimum Gasteiger partial charge on any atom is -0.493 e. The van der Waals surface area contributed by atoms with Gasteiger partial charge in [-0.3, -0.25) is 9.59 Å². The Kier molecular flexibility index (Phi) is 5.79. The number of rotatable bonds is 8. The number of hydrogen-bond donors (Lipinski definition) is 0. The Morgan fingerprint density at radius 2 is 1.85 bits per heavy atom. The molecule has 2 unspecified atom stereocenters. The van der Waals surface area contributed by atoms with Crippen LogP contribution in [0.15, 0.2) is 42.5 Å². The lowest BCUT2D eigenvalue weighted by Crippen LogP contribution is -2.08. The molecular formula is C22H24O5. The molecule has 0 radical (unpaired) electrons. The molecule has 5 heteroatoms. The average Bonchev–Trinajstić information content (AvgIpc) is 3.45. The van der Waals surface area contributed by atoms with Crippen molar-refractivity contribution in [3.63, 3.8) is 0 Å². The fourth-order valence-corrected chi connectivity index (χ4v) is 3.02. The topological polar surface area (TPSA) is 61.8 Å². The molecule has 5 nitrogen and oxygen atoms in total. The van der Waals surface area contributed by atoms with Gasteiger partial charge in [-0.15, -0.1) is 0 Å². The number of esters is 1. The summed E-state index contributed by atoms with van der Waals surface area (Å²) in [6.45, 7) is 4.40. The van der Waals surface area contributed by atoms with Gasteiger partial charge in [-0.25, -0.2) is 0 Å². The maximum absolute atomic E-state index is 11.4. The molecule has 0 aliphatic heterocycles. The van der Waals surface area contributed by atoms with Crippen molar-refractivity contribution in [3.05, 3.63) is 48.0 Å². The van der Waals surface area contributed by atoms with E-state index in [1.807, 2.05) is 50.2 Å². The van der Waals surface area contributed by atoms with Crippen molar-refractivity contribution in [2.24, 2.45) is 11.8 Å². The largest absolute Gasteiger partial charge is 0.493 e. The van der Waals surface area contributed by atoms with Crippen LogP contribution >= 0.6 is 0 Å². The van der Waals surface area contributed by atoms with E-state index in [-0.39, 0.29) is 23.9 Å². The molecule has 2 aromatic carbocycles. The molecule has 0 amide bonds. The summed E-state index contributed by atoms with van der Waals surface area (Å²) in [4.78, 5) is 22.7. The van der Waals surface area contributed by atoms with Gasteiger partial charge in [0.25, 0.3) is 0 Å². The summed E-state index contributed by atoms with van der Waals surface area (Å²) < 4.78 is 16.3. The van der Waals surface area contributed by atoms with E-state index in [1.54, 1.807) is 6.07 Å². The first-order valence-corrected chi connectivity index (χ1v) is 9.08. The molecule has 27 heavy (non-hydrogen) atoms. The normalized spacial score (nSPS) is 18.1. The van der Waals surface area contributed by atoms with Crippen molar-refractivity contribution < 1.29 is 23.8 Å². The summed E-state index contributed by atoms with van der Waals surface area (Å²) in [7, 11) is 1.41. The molecule has 0 heterocycles. The lowest BCUT2D eigenvalue weighted by Gasteiger charge is -2.12. The predicted octanol–water partition coefficient (Wildman–Crippen LogP) is 4.14. The monoisotopic (exact) mass is 368 g/mol. The lowest BCUT2D eigenvalue weighted by molar-refractivity contribution is -0.142. The number of carbonyl (C=O) groups is 2. The third kappa shape index (κ3) is 4.88. The highest BCUT2D eigenvalue weighted by atomic mass is 16.5. The van der Waals surface area contributed by atoms with Crippen molar-refractivity contribution >= 4 is 12.3 Å². The Bertz CT molecular complexity index is 810. The van der Waals surface area contributed by atoms with E-state index in [4.69, 9.17) is 14.2 Å². The van der Waals surface area contributed by atoms with Crippen LogP contribution in [0.2, 0.25) is 0 Å². The molecule has 0 aromatic heterocycles. The van der Waals surface area contributed by atoms with E-state index < -0.39 is 0 Å². The smallest absolute Gasteiger partial charge is 0.309 e. The standard InChI is InChI=1S/C22H24O5/c1-14(2)27-20-9-15(12-23)8-17(10-20)16-4-6-19(7-5-16)26-13-18-11-21(18)22(24)25-3/h4-10,12,14,18,21H,11,13H2,1-3H3. The van der Waals surface area contributed by atoms with Gasteiger partial charge in [0.2, 0.25) is 0 Å². The van der Waals surface area contributed by atoms with Crippen molar-refractivity contribution in [2.45, 2.75) is 26.4 Å². The van der Waals surface area contributed by atoms with Gasteiger partial charge >= 0.3 is 5.97 Å². The highest BCUT2D eigenvalue weighted by molar-refractivity contribution is 5.80. The van der Waals surface area contributed by atoms with E-state index >= 15 is 0 Å². The number of carbonyl (C=O) groups excluding carboxylic acids is 2. The Hall–Kier alpha value is -2.82. The van der Waals surface area contributed by atoms with E-state index in [2.05, 4.69) is 0 Å². The number of methoxy groups -OCH3 is 1. The lowest BCUT2D eigenvalue weighted by atomic mass is 10.0. The van der Waals surface area contributed by atoms with Gasteiger partial charge in [-0.05, 0) is 61.7 Å². The second kappa shape index (κ2) is 8.25. The molecule has 142 valence electrons. The Morgan fingerprint density at radius 3 is 2.48 bits per heavy atom. The molecule has 0 saturated heterocycles. The predicted molar refractivity (Wildman–Crippen MR) is 102 cm³/mol. The van der Waals surface area contributed by atoms with Gasteiger partial charge in [0.1, 0.15) is 17.8 Å². The Labute approximate surface area is 159 Å². The van der Waals surface area contributed by atoms with Crippen molar-refractivity contribution in [1.82, 2.24) is 0 Å². The third-order valence-corrected chi connectivity index (χ3v) is 4.51. The molecule has 1 fully saturated rings. The fraction of sp³-hybridized carbons (Fsp3) is 0.364. The first-order chi connectivity index (χ1) is 13.0. The van der Waals surface area contributed by atoms with Crippen LogP contribution in [0.4, 0.5) is 0 Å². The summed E-state index contributed by atoms with van der Waals surface area (Å²) in [5.41, 5.74) is 2.46. The van der Waals surface area contributed by atoms with E-state index in [9.17, 15) is 9.59 Å². The second-order valence-corrected chi connectivity index (χ2v) is 7.04. The number of benzene rings is 2. The van der Waals surface area contributed by atoms with Gasteiger partial charge in [0.05, 0.1) is 25.7 Å². The van der Waals surface area contributed by atoms with Crippen LogP contribution in [0.25, 0.3) is 11.1 Å². The zero-order valence-electron chi connectivity index (χ0n) is 15.8. The quantitative estimate of drug-likeness (QED) is 0.518. The zero-order valence-corrected chi connectivity index (χ0v) is 15.8. The minimum absolute atomic E-state index is 0.0280. The minimum atomic E-state index is -0.159. The molecule has 1 aliphatic carbocycles. The molecular weight excluding hydrogens is 344 g/mol. The first kappa shape index (κ1) is 19.0. The fourth-order valence-electron chi connectivity index (χ4n) is 3.02. The van der Waals surface area contributed by atoms with E-state index in [0.29, 0.717) is 17.9 Å². The van der Waals surface area contributed by atoms with Crippen LogP contribution in [0.3, 0.4) is 0 Å². The molecule has 3 rings (SSSR count). The number of aldehydes is 1. The number of hydrogen-bond acceptors (Lipinski definition) is 5. The van der Waals surface area contributed by atoms with Crippen LogP contribution in [0.5, 0.6) is 11.5 Å². The second-order valence-electron chi connectivity index (χ2n) is 7.04. The summed E-state index contributed by atoms with van der Waals surface area (Å²) in [5, 5.41) is 0. The van der Waals surface area contributed by atoms with Crippen LogP contribution in [0.1, 0.15) is 30.6 Å². The molecule has 1 saturated carbocycles. The average molecular weight is 368 g/mol. The van der Waals surface area contributed by atoms with Gasteiger partial charge in [-0.1, -0.05) is 12.1 Å². The molecule has 2 atom stereocenters. The maximum atomic E-state index is 11.4. The van der Waals surface area contributed by atoms with Crippen molar-refractivity contribution in [2.75, 3.05) is 13.7 Å². The molecule has 0 N–H and O–H groups in total. The van der Waals surface area contributed by atoms with Crippen molar-refractivity contribution in [3.8, 4) is 22.6 Å². The molecule has 0 bridgehead atoms. The summed E-state index contributed by atoms with van der Waals surface area (Å²) in [6.07, 6.45) is 1.68. The highest BCUT2D eigenvalue weighted by Crippen LogP contribution is 2.39. The third-order valence-electron chi connectivity index (χ3n) is 4.51. The molecule has 1 aliphatic rings. The summed E-state index contributed by atoms with van der Waals surface area (Å²) >= 11 is 0. The van der Waals surface area contributed by atoms with Gasteiger partial charge in [0.15, 0.2) is 0 Å². The first-order valence-electron chi connectivity index (χ1n) is 9.08. The van der Waals surface area contributed by atoms with Crippen molar-refractivity contribution in [1.29, 1.82) is 0 Å². The van der Waals surface area contributed by atoms with Gasteiger partial charge < -0.3 is 14.2 Å². The van der Waals surface area contributed by atoms with E-state index in [1.165, 1.54) is 7.11 Å². The highest BCUT2D eigenvalue weighted by Gasteiger charge is 2.44. The Morgan fingerprint density at radius 1 is 1.11 bits per heavy atom. The SMILES string of the molecule is COC(=O)C1CC1COc1ccc(-c2cc(C=O)cc(OC(C)C)c2)cc1. The van der Waals surface area contributed by atoms with E-state index in [0.717, 1.165) is 29.6 Å².